The van der Waals surface area contributed by atoms with E-state index in [1.807, 2.05) is 25.1 Å². The van der Waals surface area contributed by atoms with Crippen molar-refractivity contribution in [2.24, 2.45) is 0 Å². The van der Waals surface area contributed by atoms with Gasteiger partial charge in [0.15, 0.2) is 5.58 Å². The Balaban J connectivity index is 2.42. The Kier molecular flexibility index (Phi) is 3.16. The Morgan fingerprint density at radius 2 is 2.33 bits per heavy atom. The maximum atomic E-state index is 5.43. The highest BCUT2D eigenvalue weighted by Crippen LogP contribution is 2.24. The molecule has 0 aliphatic carbocycles. The molecule has 2 aromatic rings. The van der Waals surface area contributed by atoms with Crippen LogP contribution in [-0.2, 0) is 6.42 Å². The normalized spacial score (nSPS) is 10.8. The first-order valence-corrected chi connectivity index (χ1v) is 5.60. The summed E-state index contributed by atoms with van der Waals surface area (Å²) in [5, 5.41) is 5.03. The van der Waals surface area contributed by atoms with Crippen molar-refractivity contribution in [3.63, 3.8) is 0 Å². The van der Waals surface area contributed by atoms with Crippen LogP contribution in [0, 0.1) is 0 Å². The maximum absolute atomic E-state index is 5.43. The third kappa shape index (κ3) is 2.09. The Labute approximate surface area is 93.8 Å². The van der Waals surface area contributed by atoms with Gasteiger partial charge in [0.25, 0.3) is 0 Å². The summed E-state index contributed by atoms with van der Waals surface area (Å²) < 4.78 is 10.6. The second kappa shape index (κ2) is 4.57. The highest BCUT2D eigenvalue weighted by molar-refractivity contribution is 7.80. The molecule has 0 spiro atoms. The van der Waals surface area contributed by atoms with Crippen LogP contribution in [0.1, 0.15) is 12.6 Å². The van der Waals surface area contributed by atoms with Crippen LogP contribution in [0.3, 0.4) is 0 Å². The molecule has 1 aromatic carbocycles. The smallest absolute Gasteiger partial charge is 0.167 e. The molecule has 4 heteroatoms. The predicted octanol–water partition coefficient (Wildman–Crippen LogP) is 2.70. The van der Waals surface area contributed by atoms with Gasteiger partial charge in [-0.15, -0.1) is 0 Å². The summed E-state index contributed by atoms with van der Waals surface area (Å²) in [6.07, 6.45) is 0.811. The predicted molar refractivity (Wildman–Crippen MR) is 62.7 cm³/mol. The molecule has 0 radical (unpaired) electrons. The van der Waals surface area contributed by atoms with Crippen LogP contribution in [0.15, 0.2) is 22.7 Å². The average Bonchev–Trinajstić information content (AvgIpc) is 2.63. The van der Waals surface area contributed by atoms with Gasteiger partial charge in [0.1, 0.15) is 5.75 Å². The second-order valence-electron chi connectivity index (χ2n) is 3.19. The van der Waals surface area contributed by atoms with Crippen molar-refractivity contribution in [2.75, 3.05) is 12.4 Å². The zero-order valence-electron chi connectivity index (χ0n) is 8.56. The molecule has 0 aliphatic heterocycles. The summed E-state index contributed by atoms with van der Waals surface area (Å²) in [5.41, 5.74) is 1.75. The van der Waals surface area contributed by atoms with Gasteiger partial charge in [-0.25, -0.2) is 0 Å². The van der Waals surface area contributed by atoms with Crippen molar-refractivity contribution in [3.8, 4) is 5.75 Å². The molecular weight excluding hydrogens is 210 g/mol. The molecule has 1 aromatic heterocycles. The summed E-state index contributed by atoms with van der Waals surface area (Å²) in [6, 6.07) is 5.74. The molecule has 0 saturated carbocycles. The van der Waals surface area contributed by atoms with Gasteiger partial charge < -0.3 is 9.26 Å². The lowest BCUT2D eigenvalue weighted by atomic mass is 10.2. The monoisotopic (exact) mass is 223 g/mol. The summed E-state index contributed by atoms with van der Waals surface area (Å²) in [7, 11) is 0. The van der Waals surface area contributed by atoms with Crippen LogP contribution in [0.2, 0.25) is 0 Å². The fraction of sp³-hybridized carbons (Fsp3) is 0.364. The number of fused-ring (bicyclic) bond motifs is 1. The van der Waals surface area contributed by atoms with Crippen molar-refractivity contribution in [1.82, 2.24) is 5.16 Å². The Bertz CT molecular complexity index is 453. The van der Waals surface area contributed by atoms with E-state index in [4.69, 9.17) is 9.26 Å². The molecule has 3 nitrogen and oxygen atoms in total. The minimum absolute atomic E-state index is 0.665. The topological polar surface area (TPSA) is 35.3 Å². The van der Waals surface area contributed by atoms with E-state index in [0.29, 0.717) is 6.61 Å². The largest absolute Gasteiger partial charge is 0.494 e. The molecule has 15 heavy (non-hydrogen) atoms. The first-order valence-electron chi connectivity index (χ1n) is 4.97. The van der Waals surface area contributed by atoms with E-state index < -0.39 is 0 Å². The van der Waals surface area contributed by atoms with Crippen LogP contribution < -0.4 is 4.74 Å². The number of aromatic nitrogens is 1. The standard InChI is InChI=1S/C11H13NO2S/c1-2-13-8-3-4-11-9(7-8)10(5-6-15)12-14-11/h3-4,7,15H,2,5-6H2,1H3. The summed E-state index contributed by atoms with van der Waals surface area (Å²) in [5.74, 6) is 1.62. The summed E-state index contributed by atoms with van der Waals surface area (Å²) in [4.78, 5) is 0. The van der Waals surface area contributed by atoms with E-state index in [1.54, 1.807) is 0 Å². The van der Waals surface area contributed by atoms with E-state index in [2.05, 4.69) is 17.8 Å². The number of ether oxygens (including phenoxy) is 1. The van der Waals surface area contributed by atoms with Crippen molar-refractivity contribution in [1.29, 1.82) is 0 Å². The fourth-order valence-corrected chi connectivity index (χ4v) is 1.72. The third-order valence-corrected chi connectivity index (χ3v) is 2.40. The maximum Gasteiger partial charge on any atom is 0.167 e. The van der Waals surface area contributed by atoms with Crippen molar-refractivity contribution in [2.45, 2.75) is 13.3 Å². The van der Waals surface area contributed by atoms with E-state index in [0.717, 1.165) is 34.6 Å². The molecule has 2 rings (SSSR count). The highest BCUT2D eigenvalue weighted by Gasteiger charge is 2.08. The molecule has 1 heterocycles. The summed E-state index contributed by atoms with van der Waals surface area (Å²) in [6.45, 7) is 2.63. The minimum Gasteiger partial charge on any atom is -0.494 e. The Hall–Kier alpha value is -1.16. The molecule has 0 amide bonds. The lowest BCUT2D eigenvalue weighted by molar-refractivity contribution is 0.340. The number of nitrogens with zero attached hydrogens (tertiary/aromatic N) is 1. The van der Waals surface area contributed by atoms with Gasteiger partial charge in [-0.05, 0) is 30.9 Å². The SMILES string of the molecule is CCOc1ccc2onc(CCS)c2c1. The van der Waals surface area contributed by atoms with Crippen molar-refractivity contribution >= 4 is 23.6 Å². The first-order chi connectivity index (χ1) is 7.35. The quantitative estimate of drug-likeness (QED) is 0.809. The van der Waals surface area contributed by atoms with Crippen LogP contribution in [-0.4, -0.2) is 17.5 Å². The van der Waals surface area contributed by atoms with E-state index in [9.17, 15) is 0 Å². The molecule has 0 aliphatic rings. The zero-order valence-corrected chi connectivity index (χ0v) is 9.46. The number of hydrogen-bond acceptors (Lipinski definition) is 4. The second-order valence-corrected chi connectivity index (χ2v) is 3.64. The van der Waals surface area contributed by atoms with Gasteiger partial charge in [-0.3, -0.25) is 0 Å². The van der Waals surface area contributed by atoms with E-state index in [-0.39, 0.29) is 0 Å². The lowest BCUT2D eigenvalue weighted by Crippen LogP contribution is -1.91. The number of benzene rings is 1. The fourth-order valence-electron chi connectivity index (χ4n) is 1.51. The van der Waals surface area contributed by atoms with Crippen molar-refractivity contribution < 1.29 is 9.26 Å². The Morgan fingerprint density at radius 3 is 3.07 bits per heavy atom. The molecule has 80 valence electrons. The molecule has 0 atom stereocenters. The summed E-state index contributed by atoms with van der Waals surface area (Å²) >= 11 is 4.19. The van der Waals surface area contributed by atoms with Gasteiger partial charge >= 0.3 is 0 Å². The number of aryl methyl sites for hydroxylation is 1. The van der Waals surface area contributed by atoms with Gasteiger partial charge in [-0.2, -0.15) is 12.6 Å². The molecule has 0 saturated heterocycles. The molecule has 0 N–H and O–H groups in total. The van der Waals surface area contributed by atoms with E-state index >= 15 is 0 Å². The minimum atomic E-state index is 0.665. The van der Waals surface area contributed by atoms with Gasteiger partial charge in [0.05, 0.1) is 12.3 Å². The Morgan fingerprint density at radius 1 is 1.47 bits per heavy atom. The van der Waals surface area contributed by atoms with Gasteiger partial charge in [0, 0.05) is 11.8 Å². The molecule has 0 fully saturated rings. The van der Waals surface area contributed by atoms with Gasteiger partial charge in [-0.1, -0.05) is 5.16 Å². The lowest BCUT2D eigenvalue weighted by Gasteiger charge is -2.01. The number of rotatable bonds is 4. The number of hydrogen-bond donors (Lipinski definition) is 1. The van der Waals surface area contributed by atoms with Gasteiger partial charge in [0.2, 0.25) is 0 Å². The van der Waals surface area contributed by atoms with Crippen molar-refractivity contribution in [3.05, 3.63) is 23.9 Å². The molecular formula is C11H13NO2S. The highest BCUT2D eigenvalue weighted by atomic mass is 32.1. The molecule has 0 bridgehead atoms. The van der Waals surface area contributed by atoms with Crippen LogP contribution in [0.5, 0.6) is 5.75 Å². The zero-order chi connectivity index (χ0) is 10.7. The van der Waals surface area contributed by atoms with E-state index in [1.165, 1.54) is 0 Å². The molecule has 0 unspecified atom stereocenters. The average molecular weight is 223 g/mol. The third-order valence-electron chi connectivity index (χ3n) is 2.18. The number of thiol groups is 1. The van der Waals surface area contributed by atoms with Crippen LogP contribution >= 0.6 is 12.6 Å². The van der Waals surface area contributed by atoms with Crippen LogP contribution in [0.25, 0.3) is 11.0 Å². The van der Waals surface area contributed by atoms with Crippen LogP contribution in [0.4, 0.5) is 0 Å². The first kappa shape index (κ1) is 10.4.